The maximum Gasteiger partial charge on any atom is 0.336 e. The van der Waals surface area contributed by atoms with Crippen LogP contribution < -0.4 is 4.74 Å². The van der Waals surface area contributed by atoms with Gasteiger partial charge in [-0.1, -0.05) is 53.2 Å². The molecular weight excluding hydrogens is 556 g/mol. The molecule has 7 heteroatoms. The number of carbonyl (C=O) groups excluding carboxylic acids is 2. The van der Waals surface area contributed by atoms with Gasteiger partial charge in [0, 0.05) is 29.0 Å². The van der Waals surface area contributed by atoms with Gasteiger partial charge in [-0.3, -0.25) is 4.79 Å². The lowest BCUT2D eigenvalue weighted by molar-refractivity contribution is -0.284. The SMILES string of the molecule is CC(C)=CCC/C(C)=C/Cc1c(O)c(CC=C(C)C)c2c(c1O)C(=O)C1C=CCC3C(C)(C)OC4(CC=C(C)C(=O)O4)C13O2. The number of hydrogen-bond acceptors (Lipinski definition) is 7. The Hall–Kier alpha value is -3.58. The molecule has 2 N–H and O–H groups in total. The molecule has 4 atom stereocenters. The smallest absolute Gasteiger partial charge is 0.336 e. The predicted octanol–water partition coefficient (Wildman–Crippen LogP) is 7.75. The first-order valence-electron chi connectivity index (χ1n) is 15.7. The molecule has 0 aromatic heterocycles. The van der Waals surface area contributed by atoms with E-state index in [1.165, 1.54) is 5.57 Å². The number of allylic oxidation sites excluding steroid dienone is 7. The van der Waals surface area contributed by atoms with Gasteiger partial charge in [-0.15, -0.1) is 0 Å². The highest BCUT2D eigenvalue weighted by Crippen LogP contribution is 2.64. The summed E-state index contributed by atoms with van der Waals surface area (Å²) in [4.78, 5) is 27.7. The first-order valence-corrected chi connectivity index (χ1v) is 15.7. The van der Waals surface area contributed by atoms with Crippen molar-refractivity contribution in [3.8, 4) is 17.2 Å². The number of aromatic hydroxyl groups is 2. The highest BCUT2D eigenvalue weighted by Gasteiger charge is 2.78. The second-order valence-corrected chi connectivity index (χ2v) is 13.8. The molecule has 0 bridgehead atoms. The summed E-state index contributed by atoms with van der Waals surface area (Å²) in [6, 6.07) is 0. The first kappa shape index (κ1) is 31.8. The molecule has 1 aromatic rings. The van der Waals surface area contributed by atoms with Gasteiger partial charge in [0.15, 0.2) is 11.4 Å². The van der Waals surface area contributed by atoms with Crippen LogP contribution in [0, 0.1) is 11.8 Å². The molecule has 2 spiro atoms. The molecule has 3 aliphatic heterocycles. The Kier molecular flexibility index (Phi) is 8.25. The fourth-order valence-electron chi connectivity index (χ4n) is 7.34. The molecule has 5 rings (SSSR count). The lowest BCUT2D eigenvalue weighted by atomic mass is 9.60. The van der Waals surface area contributed by atoms with Crippen molar-refractivity contribution in [2.45, 2.75) is 111 Å². The summed E-state index contributed by atoms with van der Waals surface area (Å²) in [5.74, 6) is -3.89. The number of Topliss-reactive ketones (excluding diaryl/α,β-unsaturated/α-hetero) is 1. The number of ether oxygens (including phenoxy) is 3. The number of hydrogen-bond donors (Lipinski definition) is 2. The zero-order chi connectivity index (χ0) is 32.2. The van der Waals surface area contributed by atoms with Crippen LogP contribution in [-0.4, -0.2) is 39.0 Å². The molecule has 4 unspecified atom stereocenters. The molecule has 1 aliphatic carbocycles. The van der Waals surface area contributed by atoms with Crippen LogP contribution in [-0.2, 0) is 27.1 Å². The van der Waals surface area contributed by atoms with Gasteiger partial charge in [-0.05, 0) is 87.5 Å². The van der Waals surface area contributed by atoms with Gasteiger partial charge in [0.1, 0.15) is 22.8 Å². The van der Waals surface area contributed by atoms with E-state index in [4.69, 9.17) is 14.2 Å². The zero-order valence-corrected chi connectivity index (χ0v) is 27.3. The number of benzene rings is 1. The minimum absolute atomic E-state index is 0.0557. The molecule has 3 heterocycles. The van der Waals surface area contributed by atoms with Crippen LogP contribution in [0.4, 0.5) is 0 Å². The summed E-state index contributed by atoms with van der Waals surface area (Å²) in [6.07, 6.45) is 14.8. The Morgan fingerprint density at radius 2 is 1.64 bits per heavy atom. The maximum absolute atomic E-state index is 14.7. The van der Waals surface area contributed by atoms with Crippen molar-refractivity contribution in [1.82, 2.24) is 0 Å². The number of rotatable bonds is 7. The van der Waals surface area contributed by atoms with Gasteiger partial charge >= 0.3 is 5.97 Å². The molecule has 236 valence electrons. The average Bonchev–Trinajstić information content (AvgIpc) is 3.12. The Morgan fingerprint density at radius 1 is 0.955 bits per heavy atom. The highest BCUT2D eigenvalue weighted by molar-refractivity contribution is 6.07. The number of ketones is 1. The Balaban J connectivity index is 1.70. The number of phenols is 2. The Bertz CT molecular complexity index is 1540. The van der Waals surface area contributed by atoms with Crippen molar-refractivity contribution in [2.75, 3.05) is 0 Å². The van der Waals surface area contributed by atoms with Crippen LogP contribution in [0.5, 0.6) is 17.2 Å². The fraction of sp³-hybridized carbons (Fsp3) is 0.514. The van der Waals surface area contributed by atoms with Gasteiger partial charge in [0.25, 0.3) is 5.79 Å². The number of esters is 1. The monoisotopic (exact) mass is 602 g/mol. The second kappa shape index (κ2) is 11.4. The topological polar surface area (TPSA) is 102 Å². The van der Waals surface area contributed by atoms with Crippen molar-refractivity contribution in [3.05, 3.63) is 75.4 Å². The summed E-state index contributed by atoms with van der Waals surface area (Å²) >= 11 is 0. The minimum Gasteiger partial charge on any atom is -0.507 e. The number of phenolic OH excluding ortho intramolecular Hbond substituents is 2. The molecule has 1 saturated heterocycles. The molecular formula is C37H46O7. The standard InChI is InChI=1S/C37H46O7/c1-21(2)11-9-12-23(5)16-18-25-30(38)26(17-15-22(3)4)33-29(31(25)39)32(40)27-13-10-14-28-35(7,8)44-36(37(27,28)42-33)20-19-24(6)34(41)43-36/h10-11,13,15-16,19,27-28,38-39H,9,12,14,17-18,20H2,1-8H3/b23-16+. The van der Waals surface area contributed by atoms with Crippen molar-refractivity contribution in [1.29, 1.82) is 0 Å². The van der Waals surface area contributed by atoms with Crippen LogP contribution in [0.15, 0.2) is 58.7 Å². The molecule has 0 radical (unpaired) electrons. The minimum atomic E-state index is -1.57. The van der Waals surface area contributed by atoms with Gasteiger partial charge in [0.2, 0.25) is 0 Å². The lowest BCUT2D eigenvalue weighted by Crippen LogP contribution is -2.68. The summed E-state index contributed by atoms with van der Waals surface area (Å²) in [5, 5.41) is 23.4. The molecule has 0 amide bonds. The van der Waals surface area contributed by atoms with Crippen LogP contribution in [0.2, 0.25) is 0 Å². The summed E-state index contributed by atoms with van der Waals surface area (Å²) < 4.78 is 19.8. The van der Waals surface area contributed by atoms with Crippen LogP contribution >= 0.6 is 0 Å². The molecule has 1 aromatic carbocycles. The first-order chi connectivity index (χ1) is 20.6. The van der Waals surface area contributed by atoms with Crippen LogP contribution in [0.3, 0.4) is 0 Å². The third-order valence-corrected chi connectivity index (χ3v) is 9.65. The van der Waals surface area contributed by atoms with Crippen molar-refractivity contribution >= 4 is 11.8 Å². The fourth-order valence-corrected chi connectivity index (χ4v) is 7.34. The van der Waals surface area contributed by atoms with E-state index in [9.17, 15) is 19.8 Å². The number of carbonyl (C=O) groups is 2. The molecule has 1 fully saturated rings. The van der Waals surface area contributed by atoms with Crippen LogP contribution in [0.1, 0.15) is 103 Å². The molecule has 4 aliphatic rings. The van der Waals surface area contributed by atoms with E-state index >= 15 is 0 Å². The summed E-state index contributed by atoms with van der Waals surface area (Å²) in [5.41, 5.74) is 2.45. The average molecular weight is 603 g/mol. The number of fused-ring (bicyclic) bond motifs is 1. The molecule has 7 nitrogen and oxygen atoms in total. The third-order valence-electron chi connectivity index (χ3n) is 9.65. The van der Waals surface area contributed by atoms with Crippen molar-refractivity contribution in [2.24, 2.45) is 11.8 Å². The maximum atomic E-state index is 14.7. The van der Waals surface area contributed by atoms with E-state index in [-0.39, 0.29) is 53.8 Å². The zero-order valence-electron chi connectivity index (χ0n) is 27.3. The quantitative estimate of drug-likeness (QED) is 0.243. The van der Waals surface area contributed by atoms with Crippen molar-refractivity contribution < 1.29 is 34.0 Å². The van der Waals surface area contributed by atoms with E-state index in [0.29, 0.717) is 23.1 Å². The van der Waals surface area contributed by atoms with E-state index < -0.39 is 28.9 Å². The van der Waals surface area contributed by atoms with Crippen molar-refractivity contribution in [3.63, 3.8) is 0 Å². The largest absolute Gasteiger partial charge is 0.507 e. The van der Waals surface area contributed by atoms with Gasteiger partial charge in [-0.25, -0.2) is 4.79 Å². The van der Waals surface area contributed by atoms with Gasteiger partial charge < -0.3 is 24.4 Å². The van der Waals surface area contributed by atoms with E-state index in [1.54, 1.807) is 13.0 Å². The lowest BCUT2D eigenvalue weighted by Gasteiger charge is -2.53. The Labute approximate surface area is 261 Å². The Morgan fingerprint density at radius 3 is 2.30 bits per heavy atom. The van der Waals surface area contributed by atoms with E-state index in [1.807, 2.05) is 58.9 Å². The third kappa shape index (κ3) is 5.03. The molecule has 0 saturated carbocycles. The van der Waals surface area contributed by atoms with E-state index in [0.717, 1.165) is 24.0 Å². The normalized spacial score (nSPS) is 28.4. The summed E-state index contributed by atoms with van der Waals surface area (Å²) in [7, 11) is 0. The van der Waals surface area contributed by atoms with Crippen LogP contribution in [0.25, 0.3) is 0 Å². The predicted molar refractivity (Wildman–Crippen MR) is 170 cm³/mol. The second-order valence-electron chi connectivity index (χ2n) is 13.8. The van der Waals surface area contributed by atoms with Gasteiger partial charge in [0.05, 0.1) is 11.5 Å². The molecule has 44 heavy (non-hydrogen) atoms. The highest BCUT2D eigenvalue weighted by atomic mass is 16.8. The summed E-state index contributed by atoms with van der Waals surface area (Å²) in [6.45, 7) is 15.7. The van der Waals surface area contributed by atoms with Gasteiger partial charge in [-0.2, -0.15) is 0 Å². The van der Waals surface area contributed by atoms with E-state index in [2.05, 4.69) is 19.9 Å².